The van der Waals surface area contributed by atoms with Crippen molar-refractivity contribution < 1.29 is 0 Å². The number of para-hydroxylation sites is 1. The van der Waals surface area contributed by atoms with Crippen LogP contribution in [0.5, 0.6) is 0 Å². The third kappa shape index (κ3) is 6.61. The largest absolute Gasteiger partial charge is 0.345 e. The van der Waals surface area contributed by atoms with Crippen molar-refractivity contribution in [3.05, 3.63) is 84.4 Å². The number of aryl methyl sites for hydroxylation is 1. The predicted molar refractivity (Wildman–Crippen MR) is 119 cm³/mol. The van der Waals surface area contributed by atoms with Crippen molar-refractivity contribution in [2.75, 3.05) is 11.9 Å². The van der Waals surface area contributed by atoms with Crippen LogP contribution in [0, 0.1) is 6.92 Å². The Balaban J connectivity index is 0.000000791. The molecule has 0 N–H and O–H groups in total. The zero-order valence-electron chi connectivity index (χ0n) is 16.9. The van der Waals surface area contributed by atoms with Crippen LogP contribution in [0.1, 0.15) is 33.3 Å². The van der Waals surface area contributed by atoms with Gasteiger partial charge in [-0.05, 0) is 55.5 Å². The van der Waals surface area contributed by atoms with Gasteiger partial charge in [0.2, 0.25) is 0 Å². The molecule has 0 aliphatic heterocycles. The zero-order chi connectivity index (χ0) is 19.4. The molecule has 0 aliphatic carbocycles. The van der Waals surface area contributed by atoms with Crippen molar-refractivity contribution in [3.8, 4) is 0 Å². The summed E-state index contributed by atoms with van der Waals surface area (Å²) < 4.78 is 0. The summed E-state index contributed by atoms with van der Waals surface area (Å²) in [5.41, 5.74) is 3.69. The van der Waals surface area contributed by atoms with Gasteiger partial charge in [0.15, 0.2) is 0 Å². The van der Waals surface area contributed by atoms with E-state index in [1.54, 1.807) is 11.8 Å². The van der Waals surface area contributed by atoms with E-state index in [0.29, 0.717) is 0 Å². The molecule has 0 saturated heterocycles. The lowest BCUT2D eigenvalue weighted by atomic mass is 10.2. The fourth-order valence-electron chi connectivity index (χ4n) is 2.28. The molecule has 1 nitrogen and oxygen atoms in total. The normalized spacial score (nSPS) is 9.31. The van der Waals surface area contributed by atoms with Crippen molar-refractivity contribution in [1.82, 2.24) is 0 Å². The van der Waals surface area contributed by atoms with Crippen LogP contribution in [-0.4, -0.2) is 7.05 Å². The van der Waals surface area contributed by atoms with E-state index in [-0.39, 0.29) is 0 Å². The first kappa shape index (κ1) is 21.9. The monoisotopic (exact) mass is 365 g/mol. The van der Waals surface area contributed by atoms with E-state index < -0.39 is 0 Å². The van der Waals surface area contributed by atoms with Gasteiger partial charge in [-0.15, -0.1) is 0 Å². The Morgan fingerprint density at radius 1 is 0.577 bits per heavy atom. The minimum absolute atomic E-state index is 1.19. The van der Waals surface area contributed by atoms with Gasteiger partial charge in [0.25, 0.3) is 0 Å². The van der Waals surface area contributed by atoms with E-state index in [2.05, 4.69) is 91.7 Å². The minimum atomic E-state index is 1.19. The third-order valence-corrected chi connectivity index (χ3v) is 4.64. The van der Waals surface area contributed by atoms with Gasteiger partial charge in [-0.1, -0.05) is 75.4 Å². The minimum Gasteiger partial charge on any atom is -0.345 e. The number of rotatable bonds is 4. The summed E-state index contributed by atoms with van der Waals surface area (Å²) in [6, 6.07) is 27.8. The van der Waals surface area contributed by atoms with Crippen molar-refractivity contribution in [3.63, 3.8) is 0 Å². The fourth-order valence-corrected chi connectivity index (χ4v) is 3.10. The van der Waals surface area contributed by atoms with Gasteiger partial charge in [0, 0.05) is 28.2 Å². The summed E-state index contributed by atoms with van der Waals surface area (Å²) >= 11 is 1.79. The summed E-state index contributed by atoms with van der Waals surface area (Å²) in [7, 11) is 2.09. The Hall–Kier alpha value is -2.19. The SMILES string of the molecule is CC.CC.Cc1ccc(Sc2ccc(N(C)c3ccccc3)cc2)cc1. The molecule has 0 fully saturated rings. The van der Waals surface area contributed by atoms with Crippen LogP contribution in [0.3, 0.4) is 0 Å². The topological polar surface area (TPSA) is 3.24 Å². The Morgan fingerprint density at radius 3 is 1.50 bits per heavy atom. The van der Waals surface area contributed by atoms with Crippen molar-refractivity contribution >= 4 is 23.1 Å². The van der Waals surface area contributed by atoms with Gasteiger partial charge in [-0.3, -0.25) is 0 Å². The number of nitrogens with zero attached hydrogens (tertiary/aromatic N) is 1. The summed E-state index contributed by atoms with van der Waals surface area (Å²) in [6.07, 6.45) is 0. The molecule has 0 aromatic heterocycles. The van der Waals surface area contributed by atoms with Crippen molar-refractivity contribution in [2.24, 2.45) is 0 Å². The van der Waals surface area contributed by atoms with Gasteiger partial charge in [-0.2, -0.15) is 0 Å². The van der Waals surface area contributed by atoms with Crippen LogP contribution in [0.15, 0.2) is 88.7 Å². The standard InChI is InChI=1S/C20H19NS.2C2H6/c1-16-8-12-19(13-9-16)22-20-14-10-18(11-15-20)21(2)17-6-4-3-5-7-17;2*1-2/h3-15H,1-2H3;2*1-2H3. The van der Waals surface area contributed by atoms with Gasteiger partial charge in [0.1, 0.15) is 0 Å². The van der Waals surface area contributed by atoms with Gasteiger partial charge in [-0.25, -0.2) is 0 Å². The molecule has 0 heterocycles. The summed E-state index contributed by atoms with van der Waals surface area (Å²) in [5, 5.41) is 0. The van der Waals surface area contributed by atoms with Gasteiger partial charge >= 0.3 is 0 Å². The van der Waals surface area contributed by atoms with Crippen LogP contribution in [0.2, 0.25) is 0 Å². The van der Waals surface area contributed by atoms with E-state index in [1.165, 1.54) is 26.7 Å². The summed E-state index contributed by atoms with van der Waals surface area (Å²) in [5.74, 6) is 0. The van der Waals surface area contributed by atoms with Crippen LogP contribution in [-0.2, 0) is 0 Å². The second-order valence-electron chi connectivity index (χ2n) is 5.30. The number of benzene rings is 3. The first-order valence-electron chi connectivity index (χ1n) is 9.36. The highest BCUT2D eigenvalue weighted by molar-refractivity contribution is 7.99. The molecule has 3 rings (SSSR count). The molecule has 0 atom stereocenters. The van der Waals surface area contributed by atoms with Crippen LogP contribution in [0.25, 0.3) is 0 Å². The maximum Gasteiger partial charge on any atom is 0.0408 e. The molecule has 0 bridgehead atoms. The average Bonchev–Trinajstić information content (AvgIpc) is 2.73. The lowest BCUT2D eigenvalue weighted by molar-refractivity contribution is 1.20. The number of anilines is 2. The molecule has 26 heavy (non-hydrogen) atoms. The maximum atomic E-state index is 2.19. The molecule has 0 amide bonds. The highest BCUT2D eigenvalue weighted by Crippen LogP contribution is 2.30. The smallest absolute Gasteiger partial charge is 0.0408 e. The number of hydrogen-bond donors (Lipinski definition) is 0. The Morgan fingerprint density at radius 2 is 1.00 bits per heavy atom. The van der Waals surface area contributed by atoms with Crippen LogP contribution >= 0.6 is 11.8 Å². The molecule has 0 aliphatic rings. The fraction of sp³-hybridized carbons (Fsp3) is 0.250. The van der Waals surface area contributed by atoms with E-state index >= 15 is 0 Å². The molecule has 0 radical (unpaired) electrons. The summed E-state index contributed by atoms with van der Waals surface area (Å²) in [6.45, 7) is 10.1. The lowest BCUT2D eigenvalue weighted by Gasteiger charge is -2.19. The second kappa shape index (κ2) is 12.2. The molecular weight excluding hydrogens is 334 g/mol. The van der Waals surface area contributed by atoms with E-state index in [9.17, 15) is 0 Å². The molecule has 0 spiro atoms. The number of hydrogen-bond acceptors (Lipinski definition) is 2. The Kier molecular flexibility index (Phi) is 10.3. The highest BCUT2D eigenvalue weighted by atomic mass is 32.2. The van der Waals surface area contributed by atoms with E-state index in [0.717, 1.165) is 0 Å². The first-order valence-corrected chi connectivity index (χ1v) is 10.2. The molecule has 138 valence electrons. The molecule has 0 unspecified atom stereocenters. The van der Waals surface area contributed by atoms with Crippen molar-refractivity contribution in [1.29, 1.82) is 0 Å². The first-order chi connectivity index (χ1) is 12.7. The summed E-state index contributed by atoms with van der Waals surface area (Å²) in [4.78, 5) is 4.73. The molecule has 2 heteroatoms. The van der Waals surface area contributed by atoms with Gasteiger partial charge in [0.05, 0.1) is 0 Å². The van der Waals surface area contributed by atoms with Crippen LogP contribution in [0.4, 0.5) is 11.4 Å². The average molecular weight is 366 g/mol. The zero-order valence-corrected chi connectivity index (χ0v) is 17.7. The molecule has 0 saturated carbocycles. The molecular formula is C24H31NS. The second-order valence-corrected chi connectivity index (χ2v) is 6.45. The Bertz CT molecular complexity index is 718. The molecule has 3 aromatic rings. The van der Waals surface area contributed by atoms with Gasteiger partial charge < -0.3 is 4.90 Å². The van der Waals surface area contributed by atoms with Crippen LogP contribution < -0.4 is 4.90 Å². The quantitative estimate of drug-likeness (QED) is 0.461. The highest BCUT2D eigenvalue weighted by Gasteiger charge is 2.04. The Labute approximate surface area is 164 Å². The van der Waals surface area contributed by atoms with E-state index in [1.807, 2.05) is 33.8 Å². The molecule has 3 aromatic carbocycles. The lowest BCUT2D eigenvalue weighted by Crippen LogP contribution is -2.08. The van der Waals surface area contributed by atoms with Crippen molar-refractivity contribution in [2.45, 2.75) is 44.4 Å². The van der Waals surface area contributed by atoms with E-state index in [4.69, 9.17) is 0 Å². The third-order valence-electron chi connectivity index (χ3n) is 3.62. The predicted octanol–water partition coefficient (Wildman–Crippen LogP) is 7.97. The maximum absolute atomic E-state index is 2.19.